The molecule has 0 aliphatic carbocycles. The molecule has 0 aliphatic heterocycles. The Morgan fingerprint density at radius 2 is 2.23 bits per heavy atom. The Morgan fingerprint density at radius 1 is 1.36 bits per heavy atom. The number of halogens is 1. The molecule has 0 fully saturated rings. The maximum Gasteiger partial charge on any atom is 0.191 e. The molecule has 0 saturated heterocycles. The first-order chi connectivity index (χ1) is 10.3. The Balaban J connectivity index is 0.00000242. The lowest BCUT2D eigenvalue weighted by molar-refractivity contribution is 0.759. The number of pyridine rings is 1. The van der Waals surface area contributed by atoms with Crippen molar-refractivity contribution >= 4 is 35.6 Å². The van der Waals surface area contributed by atoms with Gasteiger partial charge in [0.2, 0.25) is 0 Å². The van der Waals surface area contributed by atoms with Gasteiger partial charge in [0, 0.05) is 32.3 Å². The summed E-state index contributed by atoms with van der Waals surface area (Å²) in [5, 5.41) is 14.7. The molecule has 0 atom stereocenters. The van der Waals surface area contributed by atoms with Crippen molar-refractivity contribution in [1.82, 2.24) is 25.2 Å². The third kappa shape index (κ3) is 5.28. The summed E-state index contributed by atoms with van der Waals surface area (Å²) in [6.07, 6.45) is 5.59. The van der Waals surface area contributed by atoms with Gasteiger partial charge in [-0.05, 0) is 25.5 Å². The smallest absolute Gasteiger partial charge is 0.191 e. The van der Waals surface area contributed by atoms with E-state index in [4.69, 9.17) is 0 Å². The van der Waals surface area contributed by atoms with Gasteiger partial charge in [-0.15, -0.1) is 40.8 Å². The average molecular weight is 414 g/mol. The van der Waals surface area contributed by atoms with Crippen molar-refractivity contribution in [2.45, 2.75) is 19.8 Å². The normalized spacial score (nSPS) is 11.0. The first-order valence-electron chi connectivity index (χ1n) is 7.27. The van der Waals surface area contributed by atoms with E-state index in [-0.39, 0.29) is 24.0 Å². The second-order valence-electron chi connectivity index (χ2n) is 4.58. The number of nitrogens with zero attached hydrogens (tertiary/aromatic N) is 4. The third-order valence-electron chi connectivity index (χ3n) is 2.97. The Hall–Kier alpha value is -1.64. The Labute approximate surface area is 148 Å². The van der Waals surface area contributed by atoms with Crippen molar-refractivity contribution in [3.05, 3.63) is 42.9 Å². The van der Waals surface area contributed by atoms with Crippen molar-refractivity contribution < 1.29 is 0 Å². The third-order valence-corrected chi connectivity index (χ3v) is 2.97. The van der Waals surface area contributed by atoms with Crippen LogP contribution in [0, 0.1) is 0 Å². The van der Waals surface area contributed by atoms with Crippen molar-refractivity contribution in [3.63, 3.8) is 0 Å². The molecule has 0 amide bonds. The molecule has 2 heterocycles. The monoisotopic (exact) mass is 414 g/mol. The van der Waals surface area contributed by atoms with E-state index in [1.807, 2.05) is 41.8 Å². The molecule has 0 unspecified atom stereocenters. The minimum Gasteiger partial charge on any atom is -0.357 e. The second kappa shape index (κ2) is 10.1. The molecule has 2 rings (SSSR count). The largest absolute Gasteiger partial charge is 0.357 e. The summed E-state index contributed by atoms with van der Waals surface area (Å²) in [6, 6.07) is 5.91. The summed E-state index contributed by atoms with van der Waals surface area (Å²) in [7, 11) is 0. The standard InChI is InChI=1S/C15H22N6.HI/c1-3-10-17-15(16-4-2)18-11-7-9-14-20-19-13-8-5-6-12-21(13)14;/h3,5-6,8,12H,1,4,7,9-11H2,2H3,(H2,16,17,18);1H. The zero-order chi connectivity index (χ0) is 14.9. The lowest BCUT2D eigenvalue weighted by Gasteiger charge is -2.09. The topological polar surface area (TPSA) is 66.6 Å². The first kappa shape index (κ1) is 18.4. The van der Waals surface area contributed by atoms with Gasteiger partial charge >= 0.3 is 0 Å². The number of aromatic nitrogens is 3. The van der Waals surface area contributed by atoms with Gasteiger partial charge in [0.1, 0.15) is 5.82 Å². The van der Waals surface area contributed by atoms with E-state index in [9.17, 15) is 0 Å². The Kier molecular flexibility index (Phi) is 8.49. The number of nitrogens with one attached hydrogen (secondary N) is 2. The van der Waals surface area contributed by atoms with Crippen LogP contribution < -0.4 is 10.6 Å². The summed E-state index contributed by atoms with van der Waals surface area (Å²) in [5.74, 6) is 1.80. The highest BCUT2D eigenvalue weighted by molar-refractivity contribution is 14.0. The van der Waals surface area contributed by atoms with Crippen LogP contribution in [0.15, 0.2) is 42.0 Å². The van der Waals surface area contributed by atoms with Crippen molar-refractivity contribution in [3.8, 4) is 0 Å². The minimum atomic E-state index is 0. The molecule has 0 radical (unpaired) electrons. The Morgan fingerprint density at radius 3 is 3.00 bits per heavy atom. The molecule has 120 valence electrons. The van der Waals surface area contributed by atoms with E-state index >= 15 is 0 Å². The molecular formula is C15H23IN6. The molecule has 0 aliphatic rings. The molecule has 0 bridgehead atoms. The number of aliphatic imine (C=N–C) groups is 1. The predicted molar refractivity (Wildman–Crippen MR) is 101 cm³/mol. The molecule has 2 N–H and O–H groups in total. The molecule has 2 aromatic heterocycles. The average Bonchev–Trinajstić information content (AvgIpc) is 2.92. The molecule has 7 heteroatoms. The van der Waals surface area contributed by atoms with Gasteiger partial charge in [-0.2, -0.15) is 0 Å². The fourth-order valence-corrected chi connectivity index (χ4v) is 2.00. The lowest BCUT2D eigenvalue weighted by Crippen LogP contribution is -2.37. The Bertz CT molecular complexity index is 607. The fourth-order valence-electron chi connectivity index (χ4n) is 2.00. The number of aryl methyl sites for hydroxylation is 1. The minimum absolute atomic E-state index is 0. The van der Waals surface area contributed by atoms with E-state index in [1.165, 1.54) is 0 Å². The summed E-state index contributed by atoms with van der Waals surface area (Å²) in [4.78, 5) is 4.52. The van der Waals surface area contributed by atoms with Crippen LogP contribution in [0.3, 0.4) is 0 Å². The summed E-state index contributed by atoms with van der Waals surface area (Å²) >= 11 is 0. The number of guanidine groups is 1. The molecule has 0 saturated carbocycles. The van der Waals surface area contributed by atoms with Crippen LogP contribution in [0.1, 0.15) is 19.2 Å². The van der Waals surface area contributed by atoms with Gasteiger partial charge in [-0.25, -0.2) is 0 Å². The van der Waals surface area contributed by atoms with Crippen LogP contribution in [-0.2, 0) is 6.42 Å². The van der Waals surface area contributed by atoms with Gasteiger partial charge < -0.3 is 10.6 Å². The zero-order valence-electron chi connectivity index (χ0n) is 12.8. The predicted octanol–water partition coefficient (Wildman–Crippen LogP) is 2.02. The number of rotatable bonds is 7. The summed E-state index contributed by atoms with van der Waals surface area (Å²) < 4.78 is 2.02. The number of hydrogen-bond acceptors (Lipinski definition) is 3. The zero-order valence-corrected chi connectivity index (χ0v) is 15.2. The quantitative estimate of drug-likeness (QED) is 0.239. The number of hydrogen-bond donors (Lipinski definition) is 2. The van der Waals surface area contributed by atoms with Crippen molar-refractivity contribution in [2.75, 3.05) is 19.6 Å². The van der Waals surface area contributed by atoms with Gasteiger partial charge in [0.05, 0.1) is 0 Å². The molecule has 2 aromatic rings. The van der Waals surface area contributed by atoms with Gasteiger partial charge in [0.15, 0.2) is 11.6 Å². The van der Waals surface area contributed by atoms with Crippen LogP contribution in [0.25, 0.3) is 5.65 Å². The number of fused-ring (bicyclic) bond motifs is 1. The molecule has 0 aromatic carbocycles. The SMILES string of the molecule is C=CCNC(=NCCCc1nnc2ccccn12)NCC.I. The van der Waals surface area contributed by atoms with Crippen LogP contribution in [0.2, 0.25) is 0 Å². The van der Waals surface area contributed by atoms with Gasteiger partial charge in [-0.1, -0.05) is 12.1 Å². The van der Waals surface area contributed by atoms with Gasteiger partial charge in [-0.3, -0.25) is 9.39 Å². The van der Waals surface area contributed by atoms with E-state index in [0.717, 1.165) is 43.4 Å². The highest BCUT2D eigenvalue weighted by Crippen LogP contribution is 2.04. The van der Waals surface area contributed by atoms with E-state index in [0.29, 0.717) is 6.54 Å². The van der Waals surface area contributed by atoms with Gasteiger partial charge in [0.25, 0.3) is 0 Å². The maximum absolute atomic E-state index is 4.52. The van der Waals surface area contributed by atoms with Crippen LogP contribution >= 0.6 is 24.0 Å². The molecule has 22 heavy (non-hydrogen) atoms. The van der Waals surface area contributed by atoms with Crippen LogP contribution in [-0.4, -0.2) is 40.2 Å². The lowest BCUT2D eigenvalue weighted by atomic mass is 10.3. The first-order valence-corrected chi connectivity index (χ1v) is 7.27. The van der Waals surface area contributed by atoms with Crippen molar-refractivity contribution in [2.24, 2.45) is 4.99 Å². The molecule has 6 nitrogen and oxygen atoms in total. The second-order valence-corrected chi connectivity index (χ2v) is 4.58. The van der Waals surface area contributed by atoms with Crippen LogP contribution in [0.4, 0.5) is 0 Å². The maximum atomic E-state index is 4.52. The molecular weight excluding hydrogens is 391 g/mol. The summed E-state index contributed by atoms with van der Waals surface area (Å²) in [6.45, 7) is 8.04. The van der Waals surface area contributed by atoms with E-state index in [2.05, 4.69) is 32.4 Å². The van der Waals surface area contributed by atoms with E-state index in [1.54, 1.807) is 0 Å². The highest BCUT2D eigenvalue weighted by Gasteiger charge is 2.03. The summed E-state index contributed by atoms with van der Waals surface area (Å²) in [5.41, 5.74) is 0.886. The van der Waals surface area contributed by atoms with E-state index < -0.39 is 0 Å². The highest BCUT2D eigenvalue weighted by atomic mass is 127. The van der Waals surface area contributed by atoms with Crippen LogP contribution in [0.5, 0.6) is 0 Å². The fraction of sp³-hybridized carbons (Fsp3) is 0.400. The van der Waals surface area contributed by atoms with Crippen molar-refractivity contribution in [1.29, 1.82) is 0 Å². The molecule has 0 spiro atoms.